The Balaban J connectivity index is 1.80. The van der Waals surface area contributed by atoms with Crippen molar-refractivity contribution in [3.8, 4) is 0 Å². The predicted octanol–water partition coefficient (Wildman–Crippen LogP) is 3.61. The lowest BCUT2D eigenvalue weighted by molar-refractivity contribution is -0.130. The number of amides is 4. The van der Waals surface area contributed by atoms with Crippen molar-refractivity contribution in [2.75, 3.05) is 16.8 Å². The van der Waals surface area contributed by atoms with Crippen molar-refractivity contribution in [2.45, 2.75) is 6.92 Å². The summed E-state index contributed by atoms with van der Waals surface area (Å²) < 4.78 is 0. The molecule has 1 heterocycles. The van der Waals surface area contributed by atoms with Crippen molar-refractivity contribution in [1.82, 2.24) is 5.32 Å². The van der Waals surface area contributed by atoms with Gasteiger partial charge in [-0.1, -0.05) is 40.9 Å². The maximum atomic E-state index is 12.7. The number of rotatable bonds is 3. The Hall–Kier alpha value is -2.57. The number of benzene rings is 2. The molecule has 2 aromatic rings. The zero-order valence-corrected chi connectivity index (χ0v) is 15.3. The van der Waals surface area contributed by atoms with Crippen LogP contribution in [0.4, 0.5) is 16.2 Å². The SMILES string of the molecule is Cc1ccc(N2C(=O)NCC(C(=O)Nc3ccc(Cl)c(Cl)c3)C2=O)cc1. The highest BCUT2D eigenvalue weighted by atomic mass is 35.5. The van der Waals surface area contributed by atoms with Gasteiger partial charge in [0.1, 0.15) is 5.92 Å². The molecule has 0 bridgehead atoms. The highest BCUT2D eigenvalue weighted by Gasteiger charge is 2.39. The zero-order valence-electron chi connectivity index (χ0n) is 13.8. The second kappa shape index (κ2) is 7.35. The van der Waals surface area contributed by atoms with Gasteiger partial charge in [-0.3, -0.25) is 9.59 Å². The van der Waals surface area contributed by atoms with E-state index >= 15 is 0 Å². The number of aryl methyl sites for hydroxylation is 1. The molecule has 1 aliphatic rings. The summed E-state index contributed by atoms with van der Waals surface area (Å²) in [7, 11) is 0. The van der Waals surface area contributed by atoms with E-state index < -0.39 is 23.8 Å². The predicted molar refractivity (Wildman–Crippen MR) is 101 cm³/mol. The summed E-state index contributed by atoms with van der Waals surface area (Å²) in [6.07, 6.45) is 0. The van der Waals surface area contributed by atoms with Gasteiger partial charge in [0.25, 0.3) is 0 Å². The molecule has 134 valence electrons. The molecule has 0 saturated carbocycles. The number of carbonyl (C=O) groups is 3. The van der Waals surface area contributed by atoms with Crippen molar-refractivity contribution in [3.05, 3.63) is 58.1 Å². The number of carbonyl (C=O) groups excluding carboxylic acids is 3. The van der Waals surface area contributed by atoms with Gasteiger partial charge in [-0.2, -0.15) is 0 Å². The summed E-state index contributed by atoms with van der Waals surface area (Å²) >= 11 is 11.8. The minimum absolute atomic E-state index is 0.0762. The number of hydrogen-bond donors (Lipinski definition) is 2. The van der Waals surface area contributed by atoms with E-state index in [4.69, 9.17) is 23.2 Å². The lowest BCUT2D eigenvalue weighted by Crippen LogP contribution is -2.58. The van der Waals surface area contributed by atoms with E-state index in [-0.39, 0.29) is 11.6 Å². The summed E-state index contributed by atoms with van der Waals surface area (Å²) in [6.45, 7) is 1.82. The molecule has 1 fully saturated rings. The number of nitrogens with one attached hydrogen (secondary N) is 2. The first-order valence-corrected chi connectivity index (χ1v) is 8.57. The zero-order chi connectivity index (χ0) is 18.8. The molecular weight excluding hydrogens is 377 g/mol. The lowest BCUT2D eigenvalue weighted by atomic mass is 10.0. The molecule has 2 N–H and O–H groups in total. The van der Waals surface area contributed by atoms with Gasteiger partial charge in [0.2, 0.25) is 11.8 Å². The smallest absolute Gasteiger partial charge is 0.328 e. The average Bonchev–Trinajstić information content (AvgIpc) is 2.60. The van der Waals surface area contributed by atoms with Gasteiger partial charge in [-0.05, 0) is 37.3 Å². The molecule has 0 spiro atoms. The van der Waals surface area contributed by atoms with Crippen LogP contribution in [0, 0.1) is 12.8 Å². The van der Waals surface area contributed by atoms with Gasteiger partial charge in [0, 0.05) is 12.2 Å². The summed E-state index contributed by atoms with van der Waals surface area (Å²) in [5, 5.41) is 5.84. The largest absolute Gasteiger partial charge is 0.336 e. The van der Waals surface area contributed by atoms with Crippen LogP contribution >= 0.6 is 23.2 Å². The standard InChI is InChI=1S/C18H15Cl2N3O3/c1-10-2-5-12(6-3-10)23-17(25)13(9-21-18(23)26)16(24)22-11-4-7-14(19)15(20)8-11/h2-8,13H,9H2,1H3,(H,21,26)(H,22,24). The number of halogens is 2. The van der Waals surface area contributed by atoms with E-state index in [1.54, 1.807) is 36.4 Å². The summed E-state index contributed by atoms with van der Waals surface area (Å²) in [5.74, 6) is -2.18. The van der Waals surface area contributed by atoms with Gasteiger partial charge in [0.05, 0.1) is 15.7 Å². The summed E-state index contributed by atoms with van der Waals surface area (Å²) in [4.78, 5) is 38.4. The van der Waals surface area contributed by atoms with Crippen LogP contribution < -0.4 is 15.5 Å². The third kappa shape index (κ3) is 3.66. The Morgan fingerprint density at radius 1 is 1.12 bits per heavy atom. The van der Waals surface area contributed by atoms with Crippen molar-refractivity contribution in [3.63, 3.8) is 0 Å². The molecule has 0 aliphatic carbocycles. The second-order valence-electron chi connectivity index (χ2n) is 5.87. The Bertz CT molecular complexity index is 884. The quantitative estimate of drug-likeness (QED) is 0.784. The Morgan fingerprint density at radius 2 is 1.81 bits per heavy atom. The van der Waals surface area contributed by atoms with Gasteiger partial charge >= 0.3 is 6.03 Å². The van der Waals surface area contributed by atoms with Crippen LogP contribution in [-0.2, 0) is 9.59 Å². The molecule has 8 heteroatoms. The highest BCUT2D eigenvalue weighted by molar-refractivity contribution is 6.42. The molecule has 1 saturated heterocycles. The van der Waals surface area contributed by atoms with E-state index in [2.05, 4.69) is 10.6 Å². The molecular formula is C18H15Cl2N3O3. The Labute approximate surface area is 160 Å². The number of urea groups is 1. The molecule has 2 aromatic carbocycles. The van der Waals surface area contributed by atoms with Crippen LogP contribution in [0.15, 0.2) is 42.5 Å². The maximum absolute atomic E-state index is 12.7. The number of imide groups is 1. The maximum Gasteiger partial charge on any atom is 0.328 e. The van der Waals surface area contributed by atoms with Gasteiger partial charge in [0.15, 0.2) is 0 Å². The average molecular weight is 392 g/mol. The van der Waals surface area contributed by atoms with Gasteiger partial charge in [-0.25, -0.2) is 9.69 Å². The molecule has 1 aliphatic heterocycles. The molecule has 4 amide bonds. The molecule has 6 nitrogen and oxygen atoms in total. The lowest BCUT2D eigenvalue weighted by Gasteiger charge is -2.30. The molecule has 26 heavy (non-hydrogen) atoms. The molecule has 0 aromatic heterocycles. The van der Waals surface area contributed by atoms with Crippen LogP contribution in [-0.4, -0.2) is 24.4 Å². The second-order valence-corrected chi connectivity index (χ2v) is 6.68. The molecule has 1 atom stereocenters. The third-order valence-electron chi connectivity index (χ3n) is 3.97. The van der Waals surface area contributed by atoms with Crippen molar-refractivity contribution in [2.24, 2.45) is 5.92 Å². The fourth-order valence-corrected chi connectivity index (χ4v) is 2.86. The van der Waals surface area contributed by atoms with E-state index in [9.17, 15) is 14.4 Å². The first-order valence-electron chi connectivity index (χ1n) is 7.81. The molecule has 0 radical (unpaired) electrons. The van der Waals surface area contributed by atoms with Gasteiger partial charge in [-0.15, -0.1) is 0 Å². The summed E-state index contributed by atoms with van der Waals surface area (Å²) in [5.41, 5.74) is 1.81. The Kier molecular flexibility index (Phi) is 5.15. The van der Waals surface area contributed by atoms with Crippen LogP contribution in [0.25, 0.3) is 0 Å². The van der Waals surface area contributed by atoms with Crippen LogP contribution in [0.1, 0.15) is 5.56 Å². The van der Waals surface area contributed by atoms with Crippen LogP contribution in [0.3, 0.4) is 0 Å². The van der Waals surface area contributed by atoms with Crippen molar-refractivity contribution >= 4 is 52.4 Å². The van der Waals surface area contributed by atoms with E-state index in [1.807, 2.05) is 6.92 Å². The van der Waals surface area contributed by atoms with Gasteiger partial charge < -0.3 is 10.6 Å². The molecule has 3 rings (SSSR count). The van der Waals surface area contributed by atoms with Crippen LogP contribution in [0.2, 0.25) is 10.0 Å². The molecule has 1 unspecified atom stereocenters. The summed E-state index contributed by atoms with van der Waals surface area (Å²) in [6, 6.07) is 10.9. The topological polar surface area (TPSA) is 78.5 Å². The van der Waals surface area contributed by atoms with Crippen LogP contribution in [0.5, 0.6) is 0 Å². The normalized spacial score (nSPS) is 17.0. The first kappa shape index (κ1) is 18.2. The number of nitrogens with zero attached hydrogens (tertiary/aromatic N) is 1. The van der Waals surface area contributed by atoms with E-state index in [1.165, 1.54) is 6.07 Å². The monoisotopic (exact) mass is 391 g/mol. The fourth-order valence-electron chi connectivity index (χ4n) is 2.56. The van der Waals surface area contributed by atoms with E-state index in [0.717, 1.165) is 10.5 Å². The first-order chi connectivity index (χ1) is 12.4. The van der Waals surface area contributed by atoms with Crippen molar-refractivity contribution in [1.29, 1.82) is 0 Å². The third-order valence-corrected chi connectivity index (χ3v) is 4.71. The minimum Gasteiger partial charge on any atom is -0.336 e. The van der Waals surface area contributed by atoms with E-state index in [0.29, 0.717) is 16.4 Å². The number of anilines is 2. The minimum atomic E-state index is -1.05. The fraction of sp³-hybridized carbons (Fsp3) is 0.167. The highest BCUT2D eigenvalue weighted by Crippen LogP contribution is 2.26. The Morgan fingerprint density at radius 3 is 2.46 bits per heavy atom. The number of hydrogen-bond acceptors (Lipinski definition) is 3. The van der Waals surface area contributed by atoms with Crippen molar-refractivity contribution < 1.29 is 14.4 Å².